The molecule has 0 fully saturated rings. The fourth-order valence-corrected chi connectivity index (χ4v) is 3.55. The molecule has 1 aliphatic heterocycles. The Morgan fingerprint density at radius 2 is 1.58 bits per heavy atom. The molecule has 0 aliphatic carbocycles. The predicted molar refractivity (Wildman–Crippen MR) is 108 cm³/mol. The second kappa shape index (κ2) is 7.11. The summed E-state index contributed by atoms with van der Waals surface area (Å²) in [5, 5.41) is 0. The highest BCUT2D eigenvalue weighted by Gasteiger charge is 2.36. The summed E-state index contributed by atoms with van der Waals surface area (Å²) in [6.07, 6.45) is 2.04. The number of fused-ring (bicyclic) bond motifs is 1. The van der Waals surface area contributed by atoms with Crippen LogP contribution in [0.4, 0.5) is 5.69 Å². The van der Waals surface area contributed by atoms with Gasteiger partial charge >= 0.3 is 0 Å². The second-order valence-electron chi connectivity index (χ2n) is 6.00. The van der Waals surface area contributed by atoms with Crippen molar-refractivity contribution in [1.82, 2.24) is 0 Å². The van der Waals surface area contributed by atoms with Gasteiger partial charge in [0.25, 0.3) is 5.91 Å². The maximum Gasteiger partial charge on any atom is 0.260 e. The Balaban J connectivity index is 1.78. The van der Waals surface area contributed by atoms with Crippen molar-refractivity contribution in [2.24, 2.45) is 0 Å². The Morgan fingerprint density at radius 1 is 0.885 bits per heavy atom. The summed E-state index contributed by atoms with van der Waals surface area (Å²) in [6.45, 7) is 0. The molecule has 0 aromatic heterocycles. The molecule has 3 aromatic carbocycles. The van der Waals surface area contributed by atoms with Crippen LogP contribution in [0.15, 0.2) is 83.8 Å². The molecule has 1 amide bonds. The number of anilines is 1. The summed E-state index contributed by atoms with van der Waals surface area (Å²) >= 11 is 1.69. The highest BCUT2D eigenvalue weighted by atomic mass is 32.2. The van der Waals surface area contributed by atoms with Crippen LogP contribution in [0.3, 0.4) is 0 Å². The molecule has 0 saturated heterocycles. The molecule has 0 unspecified atom stereocenters. The van der Waals surface area contributed by atoms with Crippen LogP contribution in [0.1, 0.15) is 27.5 Å². The number of thioether (sulfide) groups is 1. The maximum atomic E-state index is 13.0. The summed E-state index contributed by atoms with van der Waals surface area (Å²) in [7, 11) is 0. The third kappa shape index (κ3) is 3.00. The summed E-state index contributed by atoms with van der Waals surface area (Å²) in [6, 6.07) is 25.4. The van der Waals surface area contributed by atoms with Crippen molar-refractivity contribution in [3.63, 3.8) is 0 Å². The molecule has 3 aromatic rings. The summed E-state index contributed by atoms with van der Waals surface area (Å²) in [5.74, 6) is 6.54. The van der Waals surface area contributed by atoms with Gasteiger partial charge in [-0.15, -0.1) is 11.8 Å². The molecule has 0 N–H and O–H groups in total. The van der Waals surface area contributed by atoms with Crippen molar-refractivity contribution in [2.75, 3.05) is 11.2 Å². The third-order valence-corrected chi connectivity index (χ3v) is 5.18. The molecule has 0 spiro atoms. The van der Waals surface area contributed by atoms with Crippen LogP contribution in [-0.2, 0) is 0 Å². The Bertz CT molecular complexity index is 1000. The quantitative estimate of drug-likeness (QED) is 0.467. The van der Waals surface area contributed by atoms with E-state index in [1.54, 1.807) is 16.7 Å². The van der Waals surface area contributed by atoms with Gasteiger partial charge in [0.2, 0.25) is 0 Å². The van der Waals surface area contributed by atoms with Crippen molar-refractivity contribution in [1.29, 1.82) is 0 Å². The first kappa shape index (κ1) is 16.5. The van der Waals surface area contributed by atoms with Gasteiger partial charge in [0.05, 0.1) is 0 Å². The zero-order valence-electron chi connectivity index (χ0n) is 14.3. The van der Waals surface area contributed by atoms with Gasteiger partial charge in [-0.05, 0) is 54.3 Å². The van der Waals surface area contributed by atoms with E-state index in [-0.39, 0.29) is 11.9 Å². The molecule has 0 bridgehead atoms. The Labute approximate surface area is 157 Å². The van der Waals surface area contributed by atoms with Gasteiger partial charge in [0, 0.05) is 21.7 Å². The molecule has 1 atom stereocenters. The number of amides is 1. The number of carbonyl (C=O) groups excluding carboxylic acids is 1. The molecule has 0 saturated carbocycles. The van der Waals surface area contributed by atoms with Crippen molar-refractivity contribution < 1.29 is 4.79 Å². The lowest BCUT2D eigenvalue weighted by Crippen LogP contribution is -2.26. The molecular formula is C23H17NOS. The van der Waals surface area contributed by atoms with Crippen molar-refractivity contribution >= 4 is 23.4 Å². The van der Waals surface area contributed by atoms with Crippen molar-refractivity contribution in [3.05, 3.63) is 95.6 Å². The average Bonchev–Trinajstić information content (AvgIpc) is 2.99. The van der Waals surface area contributed by atoms with E-state index in [9.17, 15) is 4.79 Å². The van der Waals surface area contributed by atoms with E-state index in [0.717, 1.165) is 22.4 Å². The Kier molecular flexibility index (Phi) is 4.51. The summed E-state index contributed by atoms with van der Waals surface area (Å²) in [4.78, 5) is 16.0. The minimum Gasteiger partial charge on any atom is -0.290 e. The van der Waals surface area contributed by atoms with Gasteiger partial charge in [0.15, 0.2) is 0 Å². The lowest BCUT2D eigenvalue weighted by atomic mass is 10.0. The van der Waals surface area contributed by atoms with E-state index in [0.29, 0.717) is 0 Å². The van der Waals surface area contributed by atoms with Crippen molar-refractivity contribution in [3.8, 4) is 11.8 Å². The van der Waals surface area contributed by atoms with E-state index >= 15 is 0 Å². The number of nitrogens with zero attached hydrogens (tertiary/aromatic N) is 1. The van der Waals surface area contributed by atoms with Crippen LogP contribution < -0.4 is 4.90 Å². The van der Waals surface area contributed by atoms with Crippen molar-refractivity contribution in [2.45, 2.75) is 10.9 Å². The highest BCUT2D eigenvalue weighted by molar-refractivity contribution is 7.98. The topological polar surface area (TPSA) is 20.3 Å². The largest absolute Gasteiger partial charge is 0.290 e. The number of hydrogen-bond donors (Lipinski definition) is 0. The molecule has 4 rings (SSSR count). The van der Waals surface area contributed by atoms with Gasteiger partial charge < -0.3 is 0 Å². The predicted octanol–water partition coefficient (Wildman–Crippen LogP) is 5.16. The minimum absolute atomic E-state index is 0.00450. The Morgan fingerprint density at radius 3 is 2.31 bits per heavy atom. The molecular weight excluding hydrogens is 338 g/mol. The second-order valence-corrected chi connectivity index (χ2v) is 6.88. The van der Waals surface area contributed by atoms with E-state index in [1.807, 2.05) is 85.1 Å². The van der Waals surface area contributed by atoms with Crippen LogP contribution in [0.5, 0.6) is 0 Å². The lowest BCUT2D eigenvalue weighted by Gasteiger charge is -2.21. The first-order valence-corrected chi connectivity index (χ1v) is 9.63. The van der Waals surface area contributed by atoms with Crippen LogP contribution in [-0.4, -0.2) is 12.2 Å². The van der Waals surface area contributed by atoms with E-state index in [4.69, 9.17) is 0 Å². The number of benzene rings is 3. The molecule has 0 radical (unpaired) electrons. The summed E-state index contributed by atoms with van der Waals surface area (Å²) in [5.41, 5.74) is 3.52. The van der Waals surface area contributed by atoms with Crippen LogP contribution in [0.2, 0.25) is 0 Å². The third-order valence-electron chi connectivity index (χ3n) is 4.44. The first-order chi connectivity index (χ1) is 12.8. The fourth-order valence-electron chi connectivity index (χ4n) is 3.14. The molecule has 26 heavy (non-hydrogen) atoms. The first-order valence-electron chi connectivity index (χ1n) is 8.41. The monoisotopic (exact) mass is 355 g/mol. The van der Waals surface area contributed by atoms with Gasteiger partial charge in [-0.2, -0.15) is 0 Å². The van der Waals surface area contributed by atoms with Gasteiger partial charge in [-0.25, -0.2) is 0 Å². The number of carbonyl (C=O) groups is 1. The fraction of sp³-hybridized carbons (Fsp3) is 0.0870. The van der Waals surface area contributed by atoms with Gasteiger partial charge in [-0.1, -0.05) is 48.2 Å². The molecule has 126 valence electrons. The van der Waals surface area contributed by atoms with Gasteiger partial charge in [0.1, 0.15) is 6.04 Å². The van der Waals surface area contributed by atoms with Crippen LogP contribution >= 0.6 is 11.8 Å². The van der Waals surface area contributed by atoms with Gasteiger partial charge in [-0.3, -0.25) is 9.69 Å². The lowest BCUT2D eigenvalue weighted by molar-refractivity contribution is 0.0994. The zero-order chi connectivity index (χ0) is 17.9. The SMILES string of the molecule is CSc1ccc(N2C(=O)c3ccccc3[C@@H]2C#Cc2ccccc2)cc1. The van der Waals surface area contributed by atoms with Crippen LogP contribution in [0, 0.1) is 11.8 Å². The Hall–Kier alpha value is -2.96. The smallest absolute Gasteiger partial charge is 0.260 e. The highest BCUT2D eigenvalue weighted by Crippen LogP contribution is 2.37. The molecule has 2 nitrogen and oxygen atoms in total. The van der Waals surface area contributed by atoms with E-state index in [2.05, 4.69) is 11.8 Å². The molecule has 1 aliphatic rings. The average molecular weight is 355 g/mol. The normalized spacial score (nSPS) is 15.3. The van der Waals surface area contributed by atoms with E-state index < -0.39 is 0 Å². The zero-order valence-corrected chi connectivity index (χ0v) is 15.2. The summed E-state index contributed by atoms with van der Waals surface area (Å²) < 4.78 is 0. The molecule has 3 heteroatoms. The number of hydrogen-bond acceptors (Lipinski definition) is 2. The number of rotatable bonds is 2. The minimum atomic E-state index is -0.279. The van der Waals surface area contributed by atoms with E-state index in [1.165, 1.54) is 4.90 Å². The molecule has 1 heterocycles. The maximum absolute atomic E-state index is 13.0. The standard InChI is InChI=1S/C23H17NOS/c1-26-19-14-12-18(13-15-19)24-22(16-11-17-7-3-2-4-8-17)20-9-5-6-10-21(20)23(24)25/h2-10,12-15,22H,1H3/t22-/m0/s1. The van der Waals surface area contributed by atoms with Crippen LogP contribution in [0.25, 0.3) is 0 Å².